The van der Waals surface area contributed by atoms with E-state index in [0.717, 1.165) is 10.2 Å². The Labute approximate surface area is 124 Å². The maximum absolute atomic E-state index is 13.8. The molecule has 0 aliphatic carbocycles. The minimum atomic E-state index is -0.347. The highest BCUT2D eigenvalue weighted by Gasteiger charge is 2.17. The van der Waals surface area contributed by atoms with Crippen LogP contribution in [0.5, 0.6) is 0 Å². The molecular weight excluding hydrogens is 333 g/mol. The van der Waals surface area contributed by atoms with E-state index in [1.165, 1.54) is 6.07 Å². The molecule has 0 amide bonds. The van der Waals surface area contributed by atoms with E-state index >= 15 is 0 Å². The van der Waals surface area contributed by atoms with Crippen molar-refractivity contribution in [2.75, 3.05) is 0 Å². The fraction of sp³-hybridized carbons (Fsp3) is 0.154. The van der Waals surface area contributed by atoms with Gasteiger partial charge in [-0.25, -0.2) is 4.39 Å². The summed E-state index contributed by atoms with van der Waals surface area (Å²) in [4.78, 5) is 4.25. The Balaban J connectivity index is 2.27. The van der Waals surface area contributed by atoms with Crippen LogP contribution in [0, 0.1) is 5.82 Å². The number of rotatable bonds is 4. The van der Waals surface area contributed by atoms with E-state index in [9.17, 15) is 4.39 Å². The van der Waals surface area contributed by atoms with E-state index in [4.69, 9.17) is 17.4 Å². The summed E-state index contributed by atoms with van der Waals surface area (Å²) in [5.74, 6) is 5.19. The molecule has 1 heterocycles. The van der Waals surface area contributed by atoms with E-state index in [0.29, 0.717) is 17.0 Å². The van der Waals surface area contributed by atoms with Gasteiger partial charge in [0, 0.05) is 15.7 Å². The molecule has 6 heteroatoms. The molecule has 0 saturated carbocycles. The zero-order valence-corrected chi connectivity index (χ0v) is 12.2. The minimum absolute atomic E-state index is 0.286. The molecule has 0 spiro atoms. The van der Waals surface area contributed by atoms with Crippen LogP contribution in [0.1, 0.15) is 17.3 Å². The van der Waals surface area contributed by atoms with Crippen molar-refractivity contribution in [3.8, 4) is 0 Å². The maximum atomic E-state index is 13.8. The molecule has 0 bridgehead atoms. The van der Waals surface area contributed by atoms with Crippen LogP contribution in [0.4, 0.5) is 4.39 Å². The molecule has 1 atom stereocenters. The highest BCUT2D eigenvalue weighted by Crippen LogP contribution is 2.25. The highest BCUT2D eigenvalue weighted by molar-refractivity contribution is 9.10. The molecule has 0 fully saturated rings. The third-order valence-corrected chi connectivity index (χ3v) is 3.66. The second-order valence-electron chi connectivity index (χ2n) is 4.03. The molecule has 0 aliphatic rings. The van der Waals surface area contributed by atoms with Crippen LogP contribution in [-0.2, 0) is 6.42 Å². The number of nitrogens with zero attached hydrogens (tertiary/aromatic N) is 1. The lowest BCUT2D eigenvalue weighted by atomic mass is 10.0. The number of halogens is 3. The van der Waals surface area contributed by atoms with Gasteiger partial charge in [-0.1, -0.05) is 17.7 Å². The summed E-state index contributed by atoms with van der Waals surface area (Å²) in [5, 5.41) is 0.373. The summed E-state index contributed by atoms with van der Waals surface area (Å²) < 4.78 is 14.6. The van der Waals surface area contributed by atoms with Gasteiger partial charge in [0.25, 0.3) is 0 Å². The number of hydrogen-bond donors (Lipinski definition) is 2. The fourth-order valence-corrected chi connectivity index (χ4v) is 2.49. The number of benzene rings is 1. The van der Waals surface area contributed by atoms with Gasteiger partial charge in [0.2, 0.25) is 0 Å². The number of nitrogens with one attached hydrogen (secondary N) is 1. The third kappa shape index (κ3) is 3.51. The second kappa shape index (κ2) is 6.43. The lowest BCUT2D eigenvalue weighted by Gasteiger charge is -2.17. The van der Waals surface area contributed by atoms with Crippen molar-refractivity contribution in [2.24, 2.45) is 5.84 Å². The normalized spacial score (nSPS) is 12.4. The van der Waals surface area contributed by atoms with E-state index in [1.807, 2.05) is 12.1 Å². The van der Waals surface area contributed by atoms with E-state index in [2.05, 4.69) is 26.3 Å². The quantitative estimate of drug-likeness (QED) is 0.660. The van der Waals surface area contributed by atoms with Crippen molar-refractivity contribution >= 4 is 27.5 Å². The standard InChI is InChI=1S/C13H12BrClFN3/c14-10-2-1-5-18-13(10)12(19-17)6-8-3-4-9(15)7-11(8)16/h1-5,7,12,19H,6,17H2. The summed E-state index contributed by atoms with van der Waals surface area (Å²) in [5.41, 5.74) is 3.93. The monoisotopic (exact) mass is 343 g/mol. The average molecular weight is 345 g/mol. The number of aromatic nitrogens is 1. The Morgan fingerprint density at radius 1 is 1.42 bits per heavy atom. The van der Waals surface area contributed by atoms with Gasteiger partial charge in [0.05, 0.1) is 11.7 Å². The largest absolute Gasteiger partial charge is 0.271 e. The van der Waals surface area contributed by atoms with Crippen LogP contribution in [0.2, 0.25) is 5.02 Å². The Morgan fingerprint density at radius 3 is 2.84 bits per heavy atom. The van der Waals surface area contributed by atoms with Crippen LogP contribution in [0.3, 0.4) is 0 Å². The zero-order chi connectivity index (χ0) is 13.8. The van der Waals surface area contributed by atoms with Crippen molar-refractivity contribution in [3.05, 3.63) is 63.1 Å². The van der Waals surface area contributed by atoms with Gasteiger partial charge < -0.3 is 0 Å². The van der Waals surface area contributed by atoms with Crippen molar-refractivity contribution in [1.29, 1.82) is 0 Å². The van der Waals surface area contributed by atoms with Gasteiger partial charge in [-0.2, -0.15) is 0 Å². The molecule has 1 unspecified atom stereocenters. The van der Waals surface area contributed by atoms with Crippen LogP contribution in [-0.4, -0.2) is 4.98 Å². The molecular formula is C13H12BrClFN3. The van der Waals surface area contributed by atoms with Gasteiger partial charge in [-0.3, -0.25) is 16.3 Å². The topological polar surface area (TPSA) is 50.9 Å². The van der Waals surface area contributed by atoms with Crippen LogP contribution in [0.15, 0.2) is 41.0 Å². The molecule has 0 aliphatic heterocycles. The smallest absolute Gasteiger partial charge is 0.127 e. The summed E-state index contributed by atoms with van der Waals surface area (Å²) in [6.45, 7) is 0. The minimum Gasteiger partial charge on any atom is -0.271 e. The predicted molar refractivity (Wildman–Crippen MR) is 77.1 cm³/mol. The van der Waals surface area contributed by atoms with E-state index in [-0.39, 0.29) is 11.9 Å². The van der Waals surface area contributed by atoms with E-state index < -0.39 is 0 Å². The van der Waals surface area contributed by atoms with Crippen molar-refractivity contribution in [3.63, 3.8) is 0 Å². The second-order valence-corrected chi connectivity index (χ2v) is 5.32. The number of hydrogen-bond acceptors (Lipinski definition) is 3. The SMILES string of the molecule is NNC(Cc1ccc(Cl)cc1F)c1ncccc1Br. The lowest BCUT2D eigenvalue weighted by molar-refractivity contribution is 0.517. The van der Waals surface area contributed by atoms with Gasteiger partial charge >= 0.3 is 0 Å². The van der Waals surface area contributed by atoms with Crippen molar-refractivity contribution < 1.29 is 4.39 Å². The first kappa shape index (κ1) is 14.4. The number of pyridine rings is 1. The summed E-state index contributed by atoms with van der Waals surface area (Å²) >= 11 is 9.14. The highest BCUT2D eigenvalue weighted by atomic mass is 79.9. The lowest BCUT2D eigenvalue weighted by Crippen LogP contribution is -2.30. The first-order valence-corrected chi connectivity index (χ1v) is 6.79. The molecule has 100 valence electrons. The number of hydrazine groups is 1. The first-order chi connectivity index (χ1) is 9.11. The fourth-order valence-electron chi connectivity index (χ4n) is 1.80. The summed E-state index contributed by atoms with van der Waals surface area (Å²) in [6.07, 6.45) is 2.05. The molecule has 19 heavy (non-hydrogen) atoms. The van der Waals surface area contributed by atoms with Gasteiger partial charge in [-0.05, 0) is 52.2 Å². The number of nitrogens with two attached hydrogens (primary N) is 1. The molecule has 0 saturated heterocycles. The van der Waals surface area contributed by atoms with E-state index in [1.54, 1.807) is 18.3 Å². The van der Waals surface area contributed by atoms with Gasteiger partial charge in [0.1, 0.15) is 5.82 Å². The van der Waals surface area contributed by atoms with Crippen LogP contribution < -0.4 is 11.3 Å². The molecule has 2 aromatic rings. The van der Waals surface area contributed by atoms with Gasteiger partial charge in [-0.15, -0.1) is 0 Å². The molecule has 3 N–H and O–H groups in total. The maximum Gasteiger partial charge on any atom is 0.127 e. The first-order valence-electron chi connectivity index (χ1n) is 5.62. The molecule has 3 nitrogen and oxygen atoms in total. The Bertz CT molecular complexity index is 580. The summed E-state index contributed by atoms with van der Waals surface area (Å²) in [6, 6.07) is 7.98. The third-order valence-electron chi connectivity index (χ3n) is 2.76. The Hall–Kier alpha value is -1.01. The molecule has 1 aromatic carbocycles. The van der Waals surface area contributed by atoms with Gasteiger partial charge in [0.15, 0.2) is 0 Å². The Morgan fingerprint density at radius 2 is 2.21 bits per heavy atom. The Kier molecular flexibility index (Phi) is 4.87. The van der Waals surface area contributed by atoms with Crippen molar-refractivity contribution in [1.82, 2.24) is 10.4 Å². The molecule has 2 rings (SSSR count). The summed E-state index contributed by atoms with van der Waals surface area (Å²) in [7, 11) is 0. The molecule has 0 radical (unpaired) electrons. The van der Waals surface area contributed by atoms with Crippen LogP contribution in [0.25, 0.3) is 0 Å². The molecule has 1 aromatic heterocycles. The predicted octanol–water partition coefficient (Wildman–Crippen LogP) is 3.38. The van der Waals surface area contributed by atoms with Crippen molar-refractivity contribution in [2.45, 2.75) is 12.5 Å². The average Bonchev–Trinajstić information content (AvgIpc) is 2.39. The van der Waals surface area contributed by atoms with Crippen LogP contribution >= 0.6 is 27.5 Å². The zero-order valence-electron chi connectivity index (χ0n) is 9.91.